The van der Waals surface area contributed by atoms with Gasteiger partial charge in [-0.25, -0.2) is 4.79 Å². The molecule has 2 aliphatic rings. The number of hydrogen-bond acceptors (Lipinski definition) is 8. The molecule has 61 heavy (non-hydrogen) atoms. The van der Waals surface area contributed by atoms with Gasteiger partial charge in [0.1, 0.15) is 24.2 Å². The van der Waals surface area contributed by atoms with E-state index in [-0.39, 0.29) is 23.6 Å². The molecule has 3 N–H and O–H groups in total. The van der Waals surface area contributed by atoms with Gasteiger partial charge in [-0.15, -0.1) is 0 Å². The number of methoxy groups -OCH3 is 1. The third kappa shape index (κ3) is 11.1. The van der Waals surface area contributed by atoms with E-state index in [1.165, 1.54) is 7.11 Å². The molecular formula is C48H59N7O6. The molecule has 4 aromatic carbocycles. The number of amides is 5. The molecule has 4 atom stereocenters. The lowest BCUT2D eigenvalue weighted by Crippen LogP contribution is -2.57. The van der Waals surface area contributed by atoms with Crippen molar-refractivity contribution in [2.75, 3.05) is 49.8 Å². The summed E-state index contributed by atoms with van der Waals surface area (Å²) in [4.78, 5) is 74.2. The minimum Gasteiger partial charge on any atom is -0.453 e. The minimum absolute atomic E-state index is 0.0736. The average Bonchev–Trinajstić information content (AvgIpc) is 3.95. The highest BCUT2D eigenvalue weighted by Gasteiger charge is 2.42. The molecule has 2 saturated heterocycles. The molecule has 2 heterocycles. The molecule has 0 radical (unpaired) electrons. The highest BCUT2D eigenvalue weighted by atomic mass is 16.5. The molecule has 2 aliphatic heterocycles. The summed E-state index contributed by atoms with van der Waals surface area (Å²) in [5.74, 6) is -0.848. The van der Waals surface area contributed by atoms with Gasteiger partial charge in [0.2, 0.25) is 23.6 Å². The molecule has 322 valence electrons. The maximum absolute atomic E-state index is 13.8. The Hall–Kier alpha value is -6.21. The van der Waals surface area contributed by atoms with Crippen LogP contribution in [0.25, 0.3) is 0 Å². The normalized spacial score (nSPS) is 17.4. The van der Waals surface area contributed by atoms with Gasteiger partial charge in [0.15, 0.2) is 0 Å². The summed E-state index contributed by atoms with van der Waals surface area (Å²) in [5, 5.41) is 8.72. The SMILES string of the molecule is COC(=O)N[C@H](C(=O)N1CCC[C@H]1C(=O)Nc1ccc(CN(Cc2ccc(NC(=O)[C@@H]3CCCN3C(=O)[C@@H](c3ccccc3)N(C)C)cc2)c2ccccc2)cc1)C(C)(C)C. The van der Waals surface area contributed by atoms with Crippen LogP contribution in [0.2, 0.25) is 0 Å². The van der Waals surface area contributed by atoms with Gasteiger partial charge in [-0.2, -0.15) is 0 Å². The molecule has 0 spiro atoms. The fourth-order valence-corrected chi connectivity index (χ4v) is 8.21. The van der Waals surface area contributed by atoms with Crippen molar-refractivity contribution >= 4 is 46.8 Å². The van der Waals surface area contributed by atoms with Gasteiger partial charge in [0.05, 0.1) is 7.11 Å². The van der Waals surface area contributed by atoms with E-state index < -0.39 is 35.7 Å². The van der Waals surface area contributed by atoms with Gasteiger partial charge >= 0.3 is 6.09 Å². The maximum Gasteiger partial charge on any atom is 0.407 e. The molecule has 2 fully saturated rings. The summed E-state index contributed by atoms with van der Waals surface area (Å²) >= 11 is 0. The van der Waals surface area contributed by atoms with E-state index >= 15 is 0 Å². The van der Waals surface area contributed by atoms with Crippen molar-refractivity contribution in [2.24, 2.45) is 5.41 Å². The van der Waals surface area contributed by atoms with Crippen LogP contribution >= 0.6 is 0 Å². The number of benzene rings is 4. The highest BCUT2D eigenvalue weighted by Crippen LogP contribution is 2.29. The molecule has 5 amide bonds. The van der Waals surface area contributed by atoms with Crippen LogP contribution in [-0.2, 0) is 37.0 Å². The Morgan fingerprint density at radius 1 is 0.672 bits per heavy atom. The number of para-hydroxylation sites is 1. The Labute approximate surface area is 359 Å². The summed E-state index contributed by atoms with van der Waals surface area (Å²) in [6.45, 7) is 7.73. The molecule has 13 nitrogen and oxygen atoms in total. The van der Waals surface area contributed by atoms with E-state index in [9.17, 15) is 24.0 Å². The van der Waals surface area contributed by atoms with Crippen molar-refractivity contribution < 1.29 is 28.7 Å². The third-order valence-electron chi connectivity index (χ3n) is 11.4. The van der Waals surface area contributed by atoms with Crippen LogP contribution < -0.4 is 20.9 Å². The fourth-order valence-electron chi connectivity index (χ4n) is 8.21. The van der Waals surface area contributed by atoms with Crippen LogP contribution in [-0.4, -0.2) is 96.8 Å². The number of rotatable bonds is 14. The Morgan fingerprint density at radius 3 is 1.57 bits per heavy atom. The molecule has 4 aromatic rings. The first kappa shape index (κ1) is 44.3. The molecule has 13 heteroatoms. The highest BCUT2D eigenvalue weighted by molar-refractivity contribution is 5.99. The van der Waals surface area contributed by atoms with Crippen LogP contribution in [0.1, 0.15) is 69.2 Å². The molecule has 0 unspecified atom stereocenters. The first-order valence-corrected chi connectivity index (χ1v) is 21.0. The van der Waals surface area contributed by atoms with Gasteiger partial charge in [0.25, 0.3) is 0 Å². The Balaban J connectivity index is 1.07. The average molecular weight is 830 g/mol. The van der Waals surface area contributed by atoms with Crippen molar-refractivity contribution in [3.8, 4) is 0 Å². The summed E-state index contributed by atoms with van der Waals surface area (Å²) in [6, 6.07) is 32.8. The molecule has 0 aliphatic carbocycles. The zero-order valence-corrected chi connectivity index (χ0v) is 36.1. The number of nitrogens with one attached hydrogen (secondary N) is 3. The second-order valence-corrected chi connectivity index (χ2v) is 17.2. The number of carbonyl (C=O) groups excluding carboxylic acids is 5. The summed E-state index contributed by atoms with van der Waals surface area (Å²) in [5.41, 5.74) is 4.71. The smallest absolute Gasteiger partial charge is 0.407 e. The van der Waals surface area contributed by atoms with Crippen molar-refractivity contribution in [3.63, 3.8) is 0 Å². The van der Waals surface area contributed by atoms with Gasteiger partial charge in [-0.3, -0.25) is 24.1 Å². The number of anilines is 3. The molecular weight excluding hydrogens is 771 g/mol. The largest absolute Gasteiger partial charge is 0.453 e. The maximum atomic E-state index is 13.8. The predicted molar refractivity (Wildman–Crippen MR) is 238 cm³/mol. The topological polar surface area (TPSA) is 144 Å². The number of likely N-dealkylation sites (tertiary alicyclic amines) is 2. The van der Waals surface area contributed by atoms with E-state index in [4.69, 9.17) is 4.74 Å². The minimum atomic E-state index is -0.854. The van der Waals surface area contributed by atoms with E-state index in [0.29, 0.717) is 56.8 Å². The monoisotopic (exact) mass is 829 g/mol. The summed E-state index contributed by atoms with van der Waals surface area (Å²) in [7, 11) is 5.02. The van der Waals surface area contributed by atoms with Gasteiger partial charge in [-0.1, -0.05) is 93.6 Å². The number of likely N-dealkylation sites (N-methyl/N-ethyl adjacent to an activating group) is 1. The van der Waals surface area contributed by atoms with Crippen LogP contribution in [0.4, 0.5) is 21.9 Å². The predicted octanol–water partition coefficient (Wildman–Crippen LogP) is 6.83. The first-order chi connectivity index (χ1) is 29.2. The zero-order chi connectivity index (χ0) is 43.7. The second-order valence-electron chi connectivity index (χ2n) is 17.2. The number of nitrogens with zero attached hydrogens (tertiary/aromatic N) is 4. The van der Waals surface area contributed by atoms with E-state index in [1.807, 2.05) is 137 Å². The zero-order valence-electron chi connectivity index (χ0n) is 36.1. The Bertz CT molecular complexity index is 2120. The second kappa shape index (κ2) is 19.9. The summed E-state index contributed by atoms with van der Waals surface area (Å²) in [6.07, 6.45) is 1.89. The first-order valence-electron chi connectivity index (χ1n) is 21.0. The quantitative estimate of drug-likeness (QED) is 0.126. The number of ether oxygens (including phenoxy) is 1. The van der Waals surface area contributed by atoms with E-state index in [2.05, 4.69) is 33.0 Å². The van der Waals surface area contributed by atoms with E-state index in [0.717, 1.165) is 28.8 Å². The van der Waals surface area contributed by atoms with Crippen molar-refractivity contribution in [1.82, 2.24) is 20.0 Å². The molecule has 6 rings (SSSR count). The van der Waals surface area contributed by atoms with Crippen molar-refractivity contribution in [2.45, 2.75) is 83.7 Å². The van der Waals surface area contributed by atoms with Crippen LogP contribution in [0.3, 0.4) is 0 Å². The van der Waals surface area contributed by atoms with Crippen LogP contribution in [0.15, 0.2) is 109 Å². The van der Waals surface area contributed by atoms with Crippen molar-refractivity contribution in [1.29, 1.82) is 0 Å². The lowest BCUT2D eigenvalue weighted by atomic mass is 9.85. The Morgan fingerprint density at radius 2 is 1.13 bits per heavy atom. The lowest BCUT2D eigenvalue weighted by molar-refractivity contribution is -0.141. The number of carbonyl (C=O) groups is 5. The van der Waals surface area contributed by atoms with Crippen molar-refractivity contribution in [3.05, 3.63) is 126 Å². The third-order valence-corrected chi connectivity index (χ3v) is 11.4. The standard InChI is InChI=1S/C48H59N7O6/c1-48(2,3)42(51-47(60)61-6)46(59)55-30-14-20-40(55)44(57)50-37-27-23-34(24-28-37)32-53(38-17-11-8-12-18-38)31-33-21-25-36(26-22-33)49-43(56)39-19-13-29-54(39)45(58)41(52(4)5)35-15-9-7-10-16-35/h7-12,15-18,21-28,39-42H,13-14,19-20,29-32H2,1-6H3,(H,49,56)(H,50,57)(H,51,60)/t39-,40-,41+,42+/m0/s1. The molecule has 0 saturated carbocycles. The van der Waals surface area contributed by atoms with E-state index in [1.54, 1.807) is 9.80 Å². The van der Waals surface area contributed by atoms with Crippen LogP contribution in [0.5, 0.6) is 0 Å². The van der Waals surface area contributed by atoms with Crippen LogP contribution in [0, 0.1) is 5.41 Å². The van der Waals surface area contributed by atoms with Gasteiger partial charge in [0, 0.05) is 43.2 Å². The van der Waals surface area contributed by atoms with Gasteiger partial charge in [-0.05, 0) is 98.3 Å². The summed E-state index contributed by atoms with van der Waals surface area (Å²) < 4.78 is 4.76. The molecule has 0 bridgehead atoms. The molecule has 0 aromatic heterocycles. The van der Waals surface area contributed by atoms with Gasteiger partial charge < -0.3 is 35.4 Å². The number of hydrogen-bond donors (Lipinski definition) is 3. The fraction of sp³-hybridized carbons (Fsp3) is 0.396. The number of alkyl carbamates (subject to hydrolysis) is 1. The Kier molecular flexibility index (Phi) is 14.5. The lowest BCUT2D eigenvalue weighted by Gasteiger charge is -2.35.